The zero-order valence-electron chi connectivity index (χ0n) is 7.93. The van der Waals surface area contributed by atoms with Gasteiger partial charge in [0.1, 0.15) is 5.75 Å². The molecule has 78 valence electrons. The summed E-state index contributed by atoms with van der Waals surface area (Å²) in [4.78, 5) is 22.4. The molecule has 0 radical (unpaired) electrons. The summed E-state index contributed by atoms with van der Waals surface area (Å²) >= 11 is 0. The van der Waals surface area contributed by atoms with Gasteiger partial charge < -0.3 is 10.2 Å². The highest BCUT2D eigenvalue weighted by Crippen LogP contribution is 2.31. The molecule has 15 heavy (non-hydrogen) atoms. The van der Waals surface area contributed by atoms with E-state index in [-0.39, 0.29) is 23.5 Å². The molecule has 0 saturated heterocycles. The Bertz CT molecular complexity index is 436. The largest absolute Gasteiger partial charge is 0.507 e. The number of phenolic OH excluding ortho intramolecular Hbond substituents is 1. The molecule has 1 atom stereocenters. The molecule has 0 aromatic heterocycles. The van der Waals surface area contributed by atoms with Gasteiger partial charge in [0.15, 0.2) is 5.78 Å². The quantitative estimate of drug-likeness (QED) is 0.724. The van der Waals surface area contributed by atoms with Gasteiger partial charge in [-0.05, 0) is 18.1 Å². The fraction of sp³-hybridized carbons (Fsp3) is 0.273. The molecule has 0 heterocycles. The van der Waals surface area contributed by atoms with Gasteiger partial charge in [-0.3, -0.25) is 9.59 Å². The van der Waals surface area contributed by atoms with Crippen molar-refractivity contribution in [3.05, 3.63) is 29.3 Å². The Kier molecular flexibility index (Phi) is 2.19. The topological polar surface area (TPSA) is 74.6 Å². The molecule has 1 aromatic rings. The monoisotopic (exact) mass is 206 g/mol. The number of aliphatic carboxylic acids is 1. The molecule has 2 N–H and O–H groups in total. The Balaban J connectivity index is 2.45. The lowest BCUT2D eigenvalue weighted by Crippen LogP contribution is -2.26. The van der Waals surface area contributed by atoms with E-state index in [1.54, 1.807) is 12.1 Å². The smallest absolute Gasteiger partial charge is 0.307 e. The minimum atomic E-state index is -0.961. The first-order valence-electron chi connectivity index (χ1n) is 4.66. The van der Waals surface area contributed by atoms with E-state index in [2.05, 4.69) is 0 Å². The lowest BCUT2D eigenvalue weighted by molar-refractivity contribution is -0.141. The number of ketones is 1. The highest BCUT2D eigenvalue weighted by Gasteiger charge is 2.31. The number of Topliss-reactive ketones (excluding diaryl/α,β-unsaturated/α-hetero) is 1. The second-order valence-corrected chi connectivity index (χ2v) is 3.68. The highest BCUT2D eigenvalue weighted by atomic mass is 16.4. The van der Waals surface area contributed by atoms with Crippen molar-refractivity contribution in [1.82, 2.24) is 0 Å². The molecule has 0 saturated carbocycles. The Morgan fingerprint density at radius 3 is 2.73 bits per heavy atom. The maximum absolute atomic E-state index is 11.6. The third-order valence-corrected chi connectivity index (χ3v) is 2.65. The number of carboxylic acids is 1. The third kappa shape index (κ3) is 1.58. The van der Waals surface area contributed by atoms with Crippen molar-refractivity contribution in [3.63, 3.8) is 0 Å². The molecule has 0 fully saturated rings. The SMILES string of the molecule is O=C1CC(C(=O)O)Cc2cccc(O)c21. The molecule has 0 bridgehead atoms. The number of carbonyl (C=O) groups is 2. The van der Waals surface area contributed by atoms with Crippen molar-refractivity contribution in [2.75, 3.05) is 0 Å². The Hall–Kier alpha value is -1.84. The Labute approximate surface area is 86.2 Å². The molecule has 1 aliphatic carbocycles. The third-order valence-electron chi connectivity index (χ3n) is 2.65. The van der Waals surface area contributed by atoms with Crippen molar-refractivity contribution in [2.45, 2.75) is 12.8 Å². The fourth-order valence-corrected chi connectivity index (χ4v) is 1.92. The molecule has 1 aromatic carbocycles. The van der Waals surface area contributed by atoms with Gasteiger partial charge >= 0.3 is 5.97 Å². The van der Waals surface area contributed by atoms with Crippen LogP contribution in [0.1, 0.15) is 22.3 Å². The summed E-state index contributed by atoms with van der Waals surface area (Å²) in [7, 11) is 0. The first-order chi connectivity index (χ1) is 7.09. The average Bonchev–Trinajstić information content (AvgIpc) is 2.17. The van der Waals surface area contributed by atoms with Crippen LogP contribution < -0.4 is 0 Å². The van der Waals surface area contributed by atoms with Gasteiger partial charge in [0.25, 0.3) is 0 Å². The number of phenols is 1. The van der Waals surface area contributed by atoms with Crippen molar-refractivity contribution in [1.29, 1.82) is 0 Å². The molecule has 0 spiro atoms. The van der Waals surface area contributed by atoms with E-state index in [1.807, 2.05) is 0 Å². The van der Waals surface area contributed by atoms with Crippen molar-refractivity contribution in [2.24, 2.45) is 5.92 Å². The maximum Gasteiger partial charge on any atom is 0.307 e. The second kappa shape index (κ2) is 3.38. The Morgan fingerprint density at radius 1 is 1.33 bits per heavy atom. The van der Waals surface area contributed by atoms with Crippen LogP contribution in [0.2, 0.25) is 0 Å². The molecule has 4 nitrogen and oxygen atoms in total. The fourth-order valence-electron chi connectivity index (χ4n) is 1.92. The molecule has 4 heteroatoms. The van der Waals surface area contributed by atoms with Crippen LogP contribution in [-0.4, -0.2) is 22.0 Å². The molecule has 1 aliphatic rings. The van der Waals surface area contributed by atoms with Gasteiger partial charge in [0, 0.05) is 6.42 Å². The summed E-state index contributed by atoms with van der Waals surface area (Å²) < 4.78 is 0. The lowest BCUT2D eigenvalue weighted by Gasteiger charge is -2.20. The number of fused-ring (bicyclic) bond motifs is 1. The summed E-state index contributed by atoms with van der Waals surface area (Å²) in [5.74, 6) is -1.97. The number of benzene rings is 1. The summed E-state index contributed by atoms with van der Waals surface area (Å²) in [6, 6.07) is 4.74. The Morgan fingerprint density at radius 2 is 2.07 bits per heavy atom. The van der Waals surface area contributed by atoms with E-state index in [9.17, 15) is 14.7 Å². The van der Waals surface area contributed by atoms with Gasteiger partial charge in [-0.25, -0.2) is 0 Å². The molecule has 2 rings (SSSR count). The standard InChI is InChI=1S/C11H10O4/c12-8-3-1-2-6-4-7(11(14)15)5-9(13)10(6)8/h1-3,7,12H,4-5H2,(H,14,15). The number of aromatic hydroxyl groups is 1. The van der Waals surface area contributed by atoms with Gasteiger partial charge in [0.05, 0.1) is 11.5 Å². The number of rotatable bonds is 1. The molecular weight excluding hydrogens is 196 g/mol. The summed E-state index contributed by atoms with van der Waals surface area (Å²) in [5, 5.41) is 18.3. The van der Waals surface area contributed by atoms with Crippen LogP contribution in [-0.2, 0) is 11.2 Å². The highest BCUT2D eigenvalue weighted by molar-refractivity contribution is 6.03. The van der Waals surface area contributed by atoms with Crippen LogP contribution in [0.25, 0.3) is 0 Å². The second-order valence-electron chi connectivity index (χ2n) is 3.68. The van der Waals surface area contributed by atoms with E-state index < -0.39 is 11.9 Å². The van der Waals surface area contributed by atoms with E-state index in [4.69, 9.17) is 5.11 Å². The maximum atomic E-state index is 11.6. The molecule has 0 amide bonds. The van der Waals surface area contributed by atoms with Gasteiger partial charge in [0.2, 0.25) is 0 Å². The van der Waals surface area contributed by atoms with Crippen molar-refractivity contribution < 1.29 is 19.8 Å². The van der Waals surface area contributed by atoms with Crippen LogP contribution in [0.5, 0.6) is 5.75 Å². The van der Waals surface area contributed by atoms with Crippen molar-refractivity contribution in [3.8, 4) is 5.75 Å². The predicted molar refractivity (Wildman–Crippen MR) is 51.9 cm³/mol. The average molecular weight is 206 g/mol. The minimum Gasteiger partial charge on any atom is -0.507 e. The van der Waals surface area contributed by atoms with Crippen molar-refractivity contribution >= 4 is 11.8 Å². The first kappa shape index (κ1) is 9.71. The van der Waals surface area contributed by atoms with Crippen LogP contribution in [0.4, 0.5) is 0 Å². The zero-order chi connectivity index (χ0) is 11.0. The normalized spacial score (nSPS) is 19.7. The first-order valence-corrected chi connectivity index (χ1v) is 4.66. The van der Waals surface area contributed by atoms with E-state index in [0.29, 0.717) is 12.0 Å². The van der Waals surface area contributed by atoms with Crippen LogP contribution >= 0.6 is 0 Å². The molecular formula is C11H10O4. The van der Waals surface area contributed by atoms with E-state index in [0.717, 1.165) is 0 Å². The summed E-state index contributed by atoms with van der Waals surface area (Å²) in [6.45, 7) is 0. The van der Waals surface area contributed by atoms with Crippen LogP contribution in [0.15, 0.2) is 18.2 Å². The number of carboxylic acid groups (broad SMARTS) is 1. The van der Waals surface area contributed by atoms with Gasteiger partial charge in [-0.15, -0.1) is 0 Å². The number of hydrogen-bond donors (Lipinski definition) is 2. The van der Waals surface area contributed by atoms with Crippen LogP contribution in [0, 0.1) is 5.92 Å². The number of carbonyl (C=O) groups excluding carboxylic acids is 1. The lowest BCUT2D eigenvalue weighted by atomic mass is 9.83. The van der Waals surface area contributed by atoms with Gasteiger partial charge in [-0.2, -0.15) is 0 Å². The van der Waals surface area contributed by atoms with Gasteiger partial charge in [-0.1, -0.05) is 12.1 Å². The zero-order valence-corrected chi connectivity index (χ0v) is 7.93. The molecule has 1 unspecified atom stereocenters. The summed E-state index contributed by atoms with van der Waals surface area (Å²) in [6.07, 6.45) is 0.282. The minimum absolute atomic E-state index is 0.0279. The molecule has 0 aliphatic heterocycles. The van der Waals surface area contributed by atoms with Crippen LogP contribution in [0.3, 0.4) is 0 Å². The van der Waals surface area contributed by atoms with E-state index >= 15 is 0 Å². The number of hydrogen-bond acceptors (Lipinski definition) is 3. The van der Waals surface area contributed by atoms with E-state index in [1.165, 1.54) is 6.07 Å². The summed E-state index contributed by atoms with van der Waals surface area (Å²) in [5.41, 5.74) is 0.911. The predicted octanol–water partition coefficient (Wildman–Crippen LogP) is 1.22.